The third kappa shape index (κ3) is 4.94. The molecule has 0 aliphatic carbocycles. The Balaban J connectivity index is 1.22. The Morgan fingerprint density at radius 3 is 1.58 bits per heavy atom. The van der Waals surface area contributed by atoms with Crippen LogP contribution >= 0.6 is 0 Å². The van der Waals surface area contributed by atoms with Gasteiger partial charge in [-0.25, -0.2) is 0 Å². The average Bonchev–Trinajstić information content (AvgIpc) is 3.80. The topological polar surface area (TPSA) is 23.0 Å². The predicted octanol–water partition coefficient (Wildman–Crippen LogP) is 14.0. The molecule has 0 bridgehead atoms. The van der Waals surface area contributed by atoms with E-state index in [9.17, 15) is 0 Å². The van der Waals surface area contributed by atoms with E-state index >= 15 is 0 Å². The molecule has 10 aromatic rings. The van der Waals surface area contributed by atoms with Gasteiger partial charge in [-0.1, -0.05) is 108 Å². The zero-order chi connectivity index (χ0) is 36.2. The van der Waals surface area contributed by atoms with E-state index in [1.165, 1.54) is 71.6 Å². The summed E-state index contributed by atoms with van der Waals surface area (Å²) < 4.78 is 11.2. The van der Waals surface area contributed by atoms with E-state index in [0.717, 1.165) is 27.6 Å². The fourth-order valence-electron chi connectivity index (χ4n) is 8.32. The molecule has 0 aliphatic rings. The number of aromatic nitrogens is 2. The molecule has 0 unspecified atom stereocenters. The Labute approximate surface area is 309 Å². The fourth-order valence-corrected chi connectivity index (χ4v) is 8.32. The van der Waals surface area contributed by atoms with E-state index in [0.29, 0.717) is 0 Å². The van der Waals surface area contributed by atoms with Crippen molar-refractivity contribution in [2.24, 2.45) is 0 Å². The van der Waals surface area contributed by atoms with Crippen molar-refractivity contribution in [3.63, 3.8) is 0 Å². The summed E-state index contributed by atoms with van der Waals surface area (Å²) in [5.41, 5.74) is 14.0. The minimum absolute atomic E-state index is 0.0386. The van der Waals surface area contributed by atoms with E-state index in [4.69, 9.17) is 4.42 Å². The van der Waals surface area contributed by atoms with Crippen LogP contribution in [-0.4, -0.2) is 9.13 Å². The van der Waals surface area contributed by atoms with Gasteiger partial charge in [0, 0.05) is 49.8 Å². The Kier molecular flexibility index (Phi) is 6.70. The van der Waals surface area contributed by atoms with E-state index in [1.807, 2.05) is 12.1 Å². The lowest BCUT2D eigenvalue weighted by Crippen LogP contribution is -2.10. The summed E-state index contributed by atoms with van der Waals surface area (Å²) in [6.07, 6.45) is 0. The molecule has 53 heavy (non-hydrogen) atoms. The number of para-hydroxylation sites is 2. The standard InChI is InChI=1S/C50H42N2O/c1-49(2,3)33-18-24-44-41(28-33)37-21-16-32(27-46(37)52(44)36-20-22-39-38-14-10-11-15-47(38)53-48(39)30-36)31-17-23-43-40(26-31)42-29-34(50(4,5)6)19-25-45(42)51(43)35-12-8-7-9-13-35/h7-30H,1-6H3. The molecule has 3 aromatic heterocycles. The molecular weight excluding hydrogens is 645 g/mol. The highest BCUT2D eigenvalue weighted by atomic mass is 16.3. The zero-order valence-electron chi connectivity index (χ0n) is 31.2. The first-order valence-electron chi connectivity index (χ1n) is 18.7. The first kappa shape index (κ1) is 31.7. The first-order valence-corrected chi connectivity index (χ1v) is 18.7. The predicted molar refractivity (Wildman–Crippen MR) is 225 cm³/mol. The molecule has 0 atom stereocenters. The van der Waals surface area contributed by atoms with Crippen molar-refractivity contribution in [3.8, 4) is 22.5 Å². The number of nitrogens with zero attached hydrogens (tertiary/aromatic N) is 2. The summed E-state index contributed by atoms with van der Waals surface area (Å²) in [6, 6.07) is 53.7. The Hall–Kier alpha value is -6.06. The number of rotatable bonds is 3. The number of hydrogen-bond donors (Lipinski definition) is 0. The first-order chi connectivity index (χ1) is 25.5. The van der Waals surface area contributed by atoms with Crippen molar-refractivity contribution < 1.29 is 4.42 Å². The Bertz CT molecular complexity index is 3060. The van der Waals surface area contributed by atoms with E-state index in [1.54, 1.807) is 0 Å². The van der Waals surface area contributed by atoms with E-state index in [2.05, 4.69) is 184 Å². The SMILES string of the molecule is CC(C)(C)c1ccc2c(c1)c1cc(-c3ccc4c5cc(C(C)(C)C)ccc5n(-c5ccc6c(c5)oc5ccccc56)c4c3)ccc1n2-c1ccccc1. The molecule has 0 fully saturated rings. The van der Waals surface area contributed by atoms with Gasteiger partial charge in [0.25, 0.3) is 0 Å². The lowest BCUT2D eigenvalue weighted by Gasteiger charge is -2.19. The van der Waals surface area contributed by atoms with Gasteiger partial charge in [-0.05, 0) is 106 Å². The lowest BCUT2D eigenvalue weighted by atomic mass is 9.86. The van der Waals surface area contributed by atoms with Crippen molar-refractivity contribution in [2.75, 3.05) is 0 Å². The number of benzene rings is 7. The number of furan rings is 1. The molecule has 3 heterocycles. The van der Waals surface area contributed by atoms with Gasteiger partial charge >= 0.3 is 0 Å². The minimum Gasteiger partial charge on any atom is -0.456 e. The molecule has 10 rings (SSSR count). The lowest BCUT2D eigenvalue weighted by molar-refractivity contribution is 0.591. The van der Waals surface area contributed by atoms with Gasteiger partial charge in [0.15, 0.2) is 0 Å². The monoisotopic (exact) mass is 686 g/mol. The number of hydrogen-bond acceptors (Lipinski definition) is 1. The van der Waals surface area contributed by atoms with Crippen LogP contribution in [0.25, 0.3) is 88.1 Å². The van der Waals surface area contributed by atoms with Crippen LogP contribution in [-0.2, 0) is 10.8 Å². The highest BCUT2D eigenvalue weighted by Gasteiger charge is 2.21. The quantitative estimate of drug-likeness (QED) is 0.181. The summed E-state index contributed by atoms with van der Waals surface area (Å²) in [4.78, 5) is 0. The molecule has 0 saturated carbocycles. The van der Waals surface area contributed by atoms with Crippen molar-refractivity contribution >= 4 is 65.6 Å². The summed E-state index contributed by atoms with van der Waals surface area (Å²) in [5.74, 6) is 0. The molecule has 258 valence electrons. The van der Waals surface area contributed by atoms with Gasteiger partial charge in [0.05, 0.1) is 22.1 Å². The maximum atomic E-state index is 6.40. The van der Waals surface area contributed by atoms with Gasteiger partial charge in [-0.3, -0.25) is 0 Å². The Morgan fingerprint density at radius 2 is 0.887 bits per heavy atom. The van der Waals surface area contributed by atoms with Crippen LogP contribution in [0, 0.1) is 0 Å². The normalized spacial score (nSPS) is 12.7. The largest absolute Gasteiger partial charge is 0.456 e. The molecular formula is C50H42N2O. The molecule has 7 aromatic carbocycles. The molecule has 0 spiro atoms. The summed E-state index contributed by atoms with van der Waals surface area (Å²) >= 11 is 0. The molecule has 3 heteroatoms. The van der Waals surface area contributed by atoms with Gasteiger partial charge in [-0.2, -0.15) is 0 Å². The van der Waals surface area contributed by atoms with Crippen LogP contribution in [0.4, 0.5) is 0 Å². The fraction of sp³-hybridized carbons (Fsp3) is 0.160. The van der Waals surface area contributed by atoms with Crippen LogP contribution in [0.5, 0.6) is 0 Å². The second-order valence-electron chi connectivity index (χ2n) is 16.7. The van der Waals surface area contributed by atoms with Gasteiger partial charge in [0.2, 0.25) is 0 Å². The van der Waals surface area contributed by atoms with Crippen molar-refractivity contribution in [3.05, 3.63) is 157 Å². The van der Waals surface area contributed by atoms with Crippen LogP contribution in [0.3, 0.4) is 0 Å². The van der Waals surface area contributed by atoms with Crippen molar-refractivity contribution in [2.45, 2.75) is 52.4 Å². The number of fused-ring (bicyclic) bond motifs is 9. The highest BCUT2D eigenvalue weighted by Crippen LogP contribution is 2.41. The molecule has 0 amide bonds. The second-order valence-corrected chi connectivity index (χ2v) is 16.7. The van der Waals surface area contributed by atoms with Gasteiger partial charge < -0.3 is 13.6 Å². The maximum absolute atomic E-state index is 6.40. The third-order valence-corrected chi connectivity index (χ3v) is 11.2. The summed E-state index contributed by atoms with van der Waals surface area (Å²) in [5, 5.41) is 7.33. The van der Waals surface area contributed by atoms with Gasteiger partial charge in [0.1, 0.15) is 11.2 Å². The Morgan fingerprint density at radius 1 is 0.358 bits per heavy atom. The molecule has 3 nitrogen and oxygen atoms in total. The summed E-state index contributed by atoms with van der Waals surface area (Å²) in [6.45, 7) is 13.7. The van der Waals surface area contributed by atoms with Crippen LogP contribution in [0.15, 0.2) is 150 Å². The zero-order valence-corrected chi connectivity index (χ0v) is 31.2. The van der Waals surface area contributed by atoms with Crippen LogP contribution in [0.1, 0.15) is 52.7 Å². The van der Waals surface area contributed by atoms with E-state index < -0.39 is 0 Å². The minimum atomic E-state index is 0.0386. The maximum Gasteiger partial charge on any atom is 0.137 e. The molecule has 0 N–H and O–H groups in total. The van der Waals surface area contributed by atoms with Crippen molar-refractivity contribution in [1.82, 2.24) is 9.13 Å². The summed E-state index contributed by atoms with van der Waals surface area (Å²) in [7, 11) is 0. The van der Waals surface area contributed by atoms with Gasteiger partial charge in [-0.15, -0.1) is 0 Å². The van der Waals surface area contributed by atoms with Crippen LogP contribution in [0.2, 0.25) is 0 Å². The highest BCUT2D eigenvalue weighted by molar-refractivity contribution is 6.13. The second kappa shape index (κ2) is 11.2. The molecule has 0 saturated heterocycles. The average molecular weight is 687 g/mol. The molecule has 0 aliphatic heterocycles. The van der Waals surface area contributed by atoms with E-state index in [-0.39, 0.29) is 10.8 Å². The van der Waals surface area contributed by atoms with Crippen molar-refractivity contribution in [1.29, 1.82) is 0 Å². The van der Waals surface area contributed by atoms with Crippen LogP contribution < -0.4 is 0 Å². The smallest absolute Gasteiger partial charge is 0.137 e. The third-order valence-electron chi connectivity index (χ3n) is 11.2. The molecule has 0 radical (unpaired) electrons.